The normalized spacial score (nSPS) is 18.1. The third kappa shape index (κ3) is 3.85. The zero-order valence-electron chi connectivity index (χ0n) is 18.5. The lowest BCUT2D eigenvalue weighted by Crippen LogP contribution is -2.51. The van der Waals surface area contributed by atoms with E-state index in [-0.39, 0.29) is 18.1 Å². The first-order chi connectivity index (χ1) is 15.9. The highest BCUT2D eigenvalue weighted by Gasteiger charge is 2.43. The molecule has 8 nitrogen and oxygen atoms in total. The summed E-state index contributed by atoms with van der Waals surface area (Å²) in [5, 5.41) is 21.0. The van der Waals surface area contributed by atoms with Gasteiger partial charge in [-0.25, -0.2) is 0 Å². The molecule has 3 aromatic rings. The van der Waals surface area contributed by atoms with Crippen LogP contribution in [0.1, 0.15) is 43.0 Å². The fraction of sp³-hybridized carbons (Fsp3) is 0.360. The molecule has 1 saturated heterocycles. The third-order valence-corrected chi connectivity index (χ3v) is 6.34. The Bertz CT molecular complexity index is 1250. The van der Waals surface area contributed by atoms with E-state index in [1.54, 1.807) is 12.1 Å². The van der Waals surface area contributed by atoms with Gasteiger partial charge in [0.2, 0.25) is 5.82 Å². The van der Waals surface area contributed by atoms with E-state index in [9.17, 15) is 10.1 Å². The maximum atomic E-state index is 11.3. The van der Waals surface area contributed by atoms with Crippen molar-refractivity contribution in [2.45, 2.75) is 38.8 Å². The summed E-state index contributed by atoms with van der Waals surface area (Å²) in [6.45, 7) is 5.14. The van der Waals surface area contributed by atoms with Gasteiger partial charge in [-0.2, -0.15) is 10.2 Å². The van der Waals surface area contributed by atoms with Crippen LogP contribution in [0.5, 0.6) is 5.75 Å². The number of fused-ring (bicyclic) bond motifs is 1. The number of hydrogen-bond donors (Lipinski definition) is 0. The van der Waals surface area contributed by atoms with Gasteiger partial charge in [-0.05, 0) is 56.0 Å². The maximum Gasteiger partial charge on any atom is 0.521 e. The van der Waals surface area contributed by atoms with Crippen molar-refractivity contribution in [1.29, 1.82) is 5.26 Å². The van der Waals surface area contributed by atoms with Crippen molar-refractivity contribution in [3.05, 3.63) is 53.1 Å². The molecule has 1 unspecified atom stereocenters. The fourth-order valence-electron chi connectivity index (χ4n) is 4.71. The van der Waals surface area contributed by atoms with Crippen molar-refractivity contribution >= 4 is 5.97 Å². The molecule has 33 heavy (non-hydrogen) atoms. The van der Waals surface area contributed by atoms with Crippen molar-refractivity contribution < 1.29 is 19.2 Å². The first-order valence-corrected chi connectivity index (χ1v) is 11.1. The second-order valence-corrected chi connectivity index (χ2v) is 8.86. The number of ether oxygens (including phenoxy) is 1. The molecule has 1 atom stereocenters. The van der Waals surface area contributed by atoms with Gasteiger partial charge in [-0.3, -0.25) is 4.90 Å². The van der Waals surface area contributed by atoms with E-state index in [1.807, 2.05) is 32.0 Å². The van der Waals surface area contributed by atoms with Crippen LogP contribution in [0.25, 0.3) is 22.8 Å². The van der Waals surface area contributed by atoms with Crippen molar-refractivity contribution in [2.24, 2.45) is 5.92 Å². The second-order valence-electron chi connectivity index (χ2n) is 8.86. The minimum absolute atomic E-state index is 0.0310. The Labute approximate surface area is 191 Å². The van der Waals surface area contributed by atoms with E-state index in [0.29, 0.717) is 41.7 Å². The van der Waals surface area contributed by atoms with E-state index < -0.39 is 5.97 Å². The van der Waals surface area contributed by atoms with Crippen LogP contribution in [-0.2, 0) is 11.2 Å². The molecule has 2 heterocycles. The fourth-order valence-corrected chi connectivity index (χ4v) is 4.71. The predicted molar refractivity (Wildman–Crippen MR) is 120 cm³/mol. The average molecular weight is 445 g/mol. The second kappa shape index (κ2) is 8.34. The molecule has 5 rings (SSSR count). The average Bonchev–Trinajstić information content (AvgIpc) is 3.40. The molecular weight excluding hydrogens is 420 g/mol. The van der Waals surface area contributed by atoms with Crippen LogP contribution in [0, 0.1) is 17.2 Å². The lowest BCUT2D eigenvalue weighted by molar-refractivity contribution is -0.148. The molecule has 168 valence electrons. The summed E-state index contributed by atoms with van der Waals surface area (Å²) in [5.74, 6) is 0.771. The Morgan fingerprint density at radius 1 is 1.30 bits per heavy atom. The van der Waals surface area contributed by atoms with Crippen LogP contribution in [0.2, 0.25) is 0 Å². The van der Waals surface area contributed by atoms with Crippen LogP contribution in [0.3, 0.4) is 0 Å². The van der Waals surface area contributed by atoms with Gasteiger partial charge in [0.1, 0.15) is 17.7 Å². The van der Waals surface area contributed by atoms with Gasteiger partial charge in [0.15, 0.2) is 0 Å². The quantitative estimate of drug-likeness (QED) is 0.535. The molecule has 2 aliphatic rings. The summed E-state index contributed by atoms with van der Waals surface area (Å²) in [6.07, 6.45) is 1.84. The Balaban J connectivity index is 1.41. The van der Waals surface area contributed by atoms with Gasteiger partial charge in [-0.15, -0.1) is 0 Å². The number of likely N-dealkylation sites (tertiary alicyclic amines) is 1. The molecule has 1 aromatic heterocycles. The van der Waals surface area contributed by atoms with Crippen LogP contribution in [0.15, 0.2) is 40.9 Å². The zero-order chi connectivity index (χ0) is 23.1. The smallest absolute Gasteiger partial charge is 0.521 e. The van der Waals surface area contributed by atoms with Crippen molar-refractivity contribution in [3.8, 4) is 34.7 Å². The Morgan fingerprint density at radius 2 is 2.12 bits per heavy atom. The minimum atomic E-state index is -0.471. The summed E-state index contributed by atoms with van der Waals surface area (Å²) in [5.41, 5.74) is 4.46. The molecule has 8 heteroatoms. The van der Waals surface area contributed by atoms with E-state index in [0.717, 1.165) is 18.4 Å². The number of aromatic nitrogens is 2. The van der Waals surface area contributed by atoms with Crippen LogP contribution in [0.4, 0.5) is 0 Å². The lowest BCUT2D eigenvalue weighted by Gasteiger charge is -2.39. The number of nitrogens with zero attached hydrogens (tertiary/aromatic N) is 4. The van der Waals surface area contributed by atoms with Gasteiger partial charge >= 0.3 is 5.97 Å². The summed E-state index contributed by atoms with van der Waals surface area (Å²) in [4.78, 5) is 18.2. The standard InChI is InChI=1S/C25H24N4O4/c1-14(2)32-22-9-6-15(10-16(22)11-26)24-27-23(28-33-24)20-5-3-4-19-18(20)7-8-21(19)29-12-17(13-29)25(30)31/h3-6,9-10,14,17,21H,7-8,12-13H2,1-2H3,(H,30,31)/p+1. The van der Waals surface area contributed by atoms with Crippen molar-refractivity contribution in [2.75, 3.05) is 13.1 Å². The van der Waals surface area contributed by atoms with Gasteiger partial charge in [0.25, 0.3) is 5.89 Å². The summed E-state index contributed by atoms with van der Waals surface area (Å²) >= 11 is 0. The number of rotatable bonds is 6. The number of carbonyl (C=O) groups excluding carboxylic acids is 1. The molecule has 0 radical (unpaired) electrons. The highest BCUT2D eigenvalue weighted by molar-refractivity contribution is 5.72. The number of benzene rings is 2. The monoisotopic (exact) mass is 445 g/mol. The summed E-state index contributed by atoms with van der Waals surface area (Å²) < 4.78 is 11.2. The predicted octanol–water partition coefficient (Wildman–Crippen LogP) is 3.23. The van der Waals surface area contributed by atoms with Crippen molar-refractivity contribution in [3.63, 3.8) is 0 Å². The summed E-state index contributed by atoms with van der Waals surface area (Å²) in [7, 11) is 0. The topological polar surface area (TPSA) is 115 Å². The van der Waals surface area contributed by atoms with Gasteiger partial charge in [-0.1, -0.05) is 23.4 Å². The highest BCUT2D eigenvalue weighted by Crippen LogP contribution is 2.42. The molecule has 1 fully saturated rings. The molecule has 0 bridgehead atoms. The molecule has 0 spiro atoms. The Kier molecular flexibility index (Phi) is 5.35. The number of hydrogen-bond acceptors (Lipinski definition) is 7. The van der Waals surface area contributed by atoms with E-state index in [2.05, 4.69) is 27.2 Å². The minimum Gasteiger partial charge on any atom is -0.564 e. The molecular formula is C25H25N4O4+. The first-order valence-electron chi connectivity index (χ1n) is 11.1. The number of nitriles is 1. The van der Waals surface area contributed by atoms with Gasteiger partial charge in [0.05, 0.1) is 11.7 Å². The number of carbonyl (C=O) groups is 1. The first kappa shape index (κ1) is 21.2. The molecule has 0 saturated carbocycles. The SMILES string of the molecule is CC(C)Oc1ccc(-c2nc(-c3cccc4c3CCC4N3CC(C(=O)[OH2+])C3)no2)cc1C#N. The van der Waals surface area contributed by atoms with Gasteiger partial charge < -0.3 is 14.4 Å². The largest absolute Gasteiger partial charge is 0.564 e. The maximum absolute atomic E-state index is 11.3. The molecule has 0 amide bonds. The zero-order valence-corrected chi connectivity index (χ0v) is 18.5. The van der Waals surface area contributed by atoms with Crippen LogP contribution >= 0.6 is 0 Å². The third-order valence-electron chi connectivity index (χ3n) is 6.34. The Morgan fingerprint density at radius 3 is 2.85 bits per heavy atom. The summed E-state index contributed by atoms with van der Waals surface area (Å²) in [6, 6.07) is 13.8. The van der Waals surface area contributed by atoms with Crippen molar-refractivity contribution in [1.82, 2.24) is 15.0 Å². The Hall–Kier alpha value is -3.70. The lowest BCUT2D eigenvalue weighted by atomic mass is 9.94. The molecule has 1 aliphatic carbocycles. The van der Waals surface area contributed by atoms with Gasteiger partial charge in [0, 0.05) is 35.1 Å². The van der Waals surface area contributed by atoms with E-state index >= 15 is 0 Å². The molecule has 1 aliphatic heterocycles. The van der Waals surface area contributed by atoms with E-state index in [4.69, 9.17) is 14.4 Å². The van der Waals surface area contributed by atoms with Crippen LogP contribution < -0.4 is 4.74 Å². The van der Waals surface area contributed by atoms with Crippen LogP contribution in [-0.4, -0.2) is 45.3 Å². The molecule has 2 N–H and O–H groups in total. The van der Waals surface area contributed by atoms with E-state index in [1.165, 1.54) is 11.1 Å². The molecule has 2 aromatic carbocycles. The highest BCUT2D eigenvalue weighted by atomic mass is 16.5.